The number of hydrogen-bond donors (Lipinski definition) is 3. The van der Waals surface area contributed by atoms with E-state index in [1.807, 2.05) is 6.07 Å². The molecule has 10 nitrogen and oxygen atoms in total. The van der Waals surface area contributed by atoms with E-state index in [0.717, 1.165) is 5.56 Å². The normalized spacial score (nSPS) is 11.6. The lowest BCUT2D eigenvalue weighted by Crippen LogP contribution is -2.21. The van der Waals surface area contributed by atoms with Crippen LogP contribution in [-0.2, 0) is 21.7 Å². The fourth-order valence-electron chi connectivity index (χ4n) is 3.44. The Balaban J connectivity index is 1.88. The van der Waals surface area contributed by atoms with Gasteiger partial charge in [0.15, 0.2) is 11.9 Å². The molecular weight excluding hydrogens is 604 g/mol. The predicted octanol–water partition coefficient (Wildman–Crippen LogP) is 6.22. The molecule has 0 saturated heterocycles. The van der Waals surface area contributed by atoms with Gasteiger partial charge in [0.25, 0.3) is 5.91 Å². The molecule has 2 aromatic heterocycles. The molecule has 0 saturated carbocycles. The number of alkyl halides is 3. The number of carbonyl (C=O) groups excluding carboxylic acids is 1. The van der Waals surface area contributed by atoms with Crippen LogP contribution >= 0.6 is 24.0 Å². The highest BCUT2D eigenvalue weighted by atomic mass is 79.9. The second-order valence-electron chi connectivity index (χ2n) is 7.93. The molecule has 0 fully saturated rings. The summed E-state index contributed by atoms with van der Waals surface area (Å²) in [6.45, 7) is 2.17. The lowest BCUT2D eigenvalue weighted by atomic mass is 10.1. The van der Waals surface area contributed by atoms with Crippen molar-refractivity contribution in [2.75, 3.05) is 37.6 Å². The quantitative estimate of drug-likeness (QED) is 0.158. The van der Waals surface area contributed by atoms with Gasteiger partial charge in [0.2, 0.25) is 5.95 Å². The van der Waals surface area contributed by atoms with Crippen LogP contribution in [-0.4, -0.2) is 47.8 Å². The Morgan fingerprint density at radius 1 is 1.13 bits per heavy atom. The molecule has 0 bridgehead atoms. The molecule has 1 atom stereocenters. The Morgan fingerprint density at radius 3 is 2.54 bits per heavy atom. The Bertz CT molecular complexity index is 1350. The van der Waals surface area contributed by atoms with Crippen molar-refractivity contribution in [2.24, 2.45) is 0 Å². The molecule has 0 aliphatic rings. The summed E-state index contributed by atoms with van der Waals surface area (Å²) < 4.78 is 63.8. The van der Waals surface area contributed by atoms with Crippen LogP contribution in [0.3, 0.4) is 0 Å². The van der Waals surface area contributed by atoms with Gasteiger partial charge in [-0.2, -0.15) is 18.2 Å². The Morgan fingerprint density at radius 2 is 1.87 bits per heavy atom. The van der Waals surface area contributed by atoms with Crippen LogP contribution in [0.15, 0.2) is 41.1 Å². The SMILES string of the molecule is CCO[P+](=O)CCCc1ccc(Nc2ncc(C(F)(F)F)c(Nc3ccc(Br)nc3C(=O)NC)n2)c(OC)c1. The Kier molecular flexibility index (Phi) is 10.6. The fraction of sp³-hybridized carbons (Fsp3) is 0.333. The van der Waals surface area contributed by atoms with Crippen molar-refractivity contribution in [3.63, 3.8) is 0 Å². The van der Waals surface area contributed by atoms with E-state index in [1.165, 1.54) is 26.3 Å². The lowest BCUT2D eigenvalue weighted by molar-refractivity contribution is -0.137. The second kappa shape index (κ2) is 13.6. The van der Waals surface area contributed by atoms with E-state index in [4.69, 9.17) is 9.26 Å². The first-order valence-electron chi connectivity index (χ1n) is 11.7. The van der Waals surface area contributed by atoms with Gasteiger partial charge in [-0.1, -0.05) is 6.07 Å². The maximum absolute atomic E-state index is 13.8. The van der Waals surface area contributed by atoms with Crippen molar-refractivity contribution in [3.8, 4) is 5.75 Å². The van der Waals surface area contributed by atoms with E-state index >= 15 is 0 Å². The largest absolute Gasteiger partial charge is 0.508 e. The second-order valence-corrected chi connectivity index (χ2v) is 10.1. The van der Waals surface area contributed by atoms with Gasteiger partial charge in [-0.05, 0) is 70.1 Å². The van der Waals surface area contributed by atoms with E-state index in [9.17, 15) is 22.5 Å². The number of pyridine rings is 1. The third-order valence-electron chi connectivity index (χ3n) is 5.24. The first kappa shape index (κ1) is 30.2. The summed E-state index contributed by atoms with van der Waals surface area (Å²) >= 11 is 3.15. The monoisotopic (exact) mass is 629 g/mol. The van der Waals surface area contributed by atoms with Gasteiger partial charge in [-0.15, -0.1) is 4.52 Å². The van der Waals surface area contributed by atoms with Gasteiger partial charge in [-0.3, -0.25) is 4.79 Å². The maximum Gasteiger partial charge on any atom is 0.508 e. The van der Waals surface area contributed by atoms with Crippen LogP contribution in [0.4, 0.5) is 36.3 Å². The van der Waals surface area contributed by atoms with E-state index in [1.54, 1.807) is 19.1 Å². The molecule has 3 aromatic rings. The third kappa shape index (κ3) is 8.32. The van der Waals surface area contributed by atoms with Crippen LogP contribution in [0.25, 0.3) is 0 Å². The molecule has 15 heteroatoms. The summed E-state index contributed by atoms with van der Waals surface area (Å²) in [4.78, 5) is 24.2. The molecule has 39 heavy (non-hydrogen) atoms. The van der Waals surface area contributed by atoms with Crippen molar-refractivity contribution in [2.45, 2.75) is 25.9 Å². The predicted molar refractivity (Wildman–Crippen MR) is 144 cm³/mol. The number of anilines is 4. The molecule has 3 rings (SSSR count). The van der Waals surface area contributed by atoms with Gasteiger partial charge in [-0.25, -0.2) is 9.97 Å². The molecule has 2 heterocycles. The number of halogens is 4. The molecule has 0 aliphatic carbocycles. The van der Waals surface area contributed by atoms with Crippen molar-refractivity contribution in [1.82, 2.24) is 20.3 Å². The maximum atomic E-state index is 13.8. The summed E-state index contributed by atoms with van der Waals surface area (Å²) in [5.74, 6) is -0.904. The summed E-state index contributed by atoms with van der Waals surface area (Å²) in [5.41, 5.74) is 0.0876. The topological polar surface area (TPSA) is 127 Å². The highest BCUT2D eigenvalue weighted by Crippen LogP contribution is 2.37. The molecule has 3 N–H and O–H groups in total. The summed E-state index contributed by atoms with van der Waals surface area (Å²) in [5, 5.41) is 7.86. The van der Waals surface area contributed by atoms with Gasteiger partial charge in [0.1, 0.15) is 21.7 Å². The molecule has 0 radical (unpaired) electrons. The number of nitrogens with one attached hydrogen (secondary N) is 3. The first-order chi connectivity index (χ1) is 18.5. The van der Waals surface area contributed by atoms with E-state index < -0.39 is 31.5 Å². The standard InChI is InChI=1S/C24H25BrF3N6O4P/c1-4-38-39(36)11-5-6-14-7-8-16(18(12-14)37-3)32-23-30-13-15(24(26,27)28)21(34-23)31-17-9-10-19(25)33-20(17)22(35)29-2/h7-10,12-13H,4-6,11H2,1-3H3,(H2-,29,30,31,32,34,35)/p+1. The minimum Gasteiger partial charge on any atom is -0.495 e. The molecule has 0 aliphatic heterocycles. The number of aromatic nitrogens is 3. The molecule has 1 amide bonds. The van der Waals surface area contributed by atoms with Crippen molar-refractivity contribution >= 4 is 53.0 Å². The third-order valence-corrected chi connectivity index (χ3v) is 6.91. The number of aryl methyl sites for hydroxylation is 1. The lowest BCUT2D eigenvalue weighted by Gasteiger charge is -2.17. The first-order valence-corrected chi connectivity index (χ1v) is 13.8. The number of amides is 1. The smallest absolute Gasteiger partial charge is 0.495 e. The number of methoxy groups -OCH3 is 1. The average molecular weight is 630 g/mol. The summed E-state index contributed by atoms with van der Waals surface area (Å²) in [7, 11) is 1.14. The number of rotatable bonds is 12. The average Bonchev–Trinajstić information content (AvgIpc) is 2.89. The van der Waals surface area contributed by atoms with Crippen LogP contribution < -0.4 is 20.7 Å². The van der Waals surface area contributed by atoms with Crippen LogP contribution in [0, 0.1) is 0 Å². The van der Waals surface area contributed by atoms with E-state index in [-0.39, 0.29) is 17.3 Å². The van der Waals surface area contributed by atoms with Gasteiger partial charge < -0.3 is 20.7 Å². The molecular formula is C24H26BrF3N6O4P+. The Hall–Kier alpha value is -3.35. The number of ether oxygens (including phenoxy) is 1. The summed E-state index contributed by atoms with van der Waals surface area (Å²) in [6, 6.07) is 8.15. The van der Waals surface area contributed by atoms with Crippen molar-refractivity contribution in [3.05, 3.63) is 58.0 Å². The van der Waals surface area contributed by atoms with E-state index in [2.05, 4.69) is 46.8 Å². The highest BCUT2D eigenvalue weighted by molar-refractivity contribution is 9.10. The van der Waals surface area contributed by atoms with Gasteiger partial charge in [0, 0.05) is 13.2 Å². The van der Waals surface area contributed by atoms with Crippen LogP contribution in [0.1, 0.15) is 35.0 Å². The zero-order valence-corrected chi connectivity index (χ0v) is 23.7. The minimum atomic E-state index is -4.78. The van der Waals surface area contributed by atoms with Gasteiger partial charge >= 0.3 is 14.2 Å². The van der Waals surface area contributed by atoms with Crippen LogP contribution in [0.2, 0.25) is 0 Å². The van der Waals surface area contributed by atoms with E-state index in [0.29, 0.717) is 47.8 Å². The molecule has 0 spiro atoms. The van der Waals surface area contributed by atoms with Crippen LogP contribution in [0.5, 0.6) is 5.75 Å². The Labute approximate surface area is 232 Å². The highest BCUT2D eigenvalue weighted by Gasteiger charge is 2.36. The van der Waals surface area contributed by atoms with Crippen molar-refractivity contribution < 1.29 is 31.8 Å². The zero-order valence-electron chi connectivity index (χ0n) is 21.2. The summed E-state index contributed by atoms with van der Waals surface area (Å²) in [6.07, 6.45) is -2.43. The number of benzene rings is 1. The molecule has 1 unspecified atom stereocenters. The molecule has 208 valence electrons. The number of carbonyl (C=O) groups is 1. The molecule has 1 aromatic carbocycles. The number of nitrogens with zero attached hydrogens (tertiary/aromatic N) is 3. The zero-order chi connectivity index (χ0) is 28.6. The minimum absolute atomic E-state index is 0.0146. The van der Waals surface area contributed by atoms with Crippen molar-refractivity contribution in [1.29, 1.82) is 0 Å². The fourth-order valence-corrected chi connectivity index (χ4v) is 4.58. The number of hydrogen-bond acceptors (Lipinski definition) is 9. The van der Waals surface area contributed by atoms with Gasteiger partial charge in [0.05, 0.1) is 25.1 Å².